The lowest BCUT2D eigenvalue weighted by molar-refractivity contribution is 0.228. The maximum absolute atomic E-state index is 5.68. The lowest BCUT2D eigenvalue weighted by atomic mass is 9.92. The summed E-state index contributed by atoms with van der Waals surface area (Å²) in [7, 11) is 0. The van der Waals surface area contributed by atoms with Crippen LogP contribution < -0.4 is 5.73 Å². The highest BCUT2D eigenvalue weighted by atomic mass is 32.1. The van der Waals surface area contributed by atoms with Crippen LogP contribution in [0.2, 0.25) is 0 Å². The van der Waals surface area contributed by atoms with E-state index < -0.39 is 0 Å². The summed E-state index contributed by atoms with van der Waals surface area (Å²) in [6.45, 7) is 2.42. The molecule has 0 amide bonds. The Kier molecular flexibility index (Phi) is 1.85. The largest absolute Gasteiger partial charge is 0.392 e. The van der Waals surface area contributed by atoms with Crippen molar-refractivity contribution in [1.29, 1.82) is 0 Å². The lowest BCUT2D eigenvalue weighted by Crippen LogP contribution is -2.45. The van der Waals surface area contributed by atoms with E-state index in [0.29, 0.717) is 11.0 Å². The molecule has 0 aliphatic carbocycles. The van der Waals surface area contributed by atoms with Gasteiger partial charge in [-0.15, -0.1) is 0 Å². The van der Waals surface area contributed by atoms with Crippen LogP contribution in [0.5, 0.6) is 0 Å². The van der Waals surface area contributed by atoms with Crippen LogP contribution in [0.25, 0.3) is 0 Å². The highest BCUT2D eigenvalue weighted by Crippen LogP contribution is 2.32. The molecule has 0 spiro atoms. The highest BCUT2D eigenvalue weighted by molar-refractivity contribution is 7.80. The molecule has 0 aromatic carbocycles. The molecule has 3 unspecified atom stereocenters. The van der Waals surface area contributed by atoms with Crippen LogP contribution in [0.3, 0.4) is 0 Å². The molecule has 62 valence electrons. The van der Waals surface area contributed by atoms with Gasteiger partial charge in [0.1, 0.15) is 0 Å². The number of hydrogen-bond donors (Lipinski definition) is 1. The topological polar surface area (TPSA) is 29.3 Å². The van der Waals surface area contributed by atoms with Crippen molar-refractivity contribution in [2.24, 2.45) is 11.7 Å². The molecule has 3 heteroatoms. The van der Waals surface area contributed by atoms with E-state index >= 15 is 0 Å². The fourth-order valence-electron chi connectivity index (χ4n) is 2.45. The molecule has 0 radical (unpaired) electrons. The normalized spacial score (nSPS) is 42.4. The zero-order valence-corrected chi connectivity index (χ0v) is 7.44. The molecule has 2 N–H and O–H groups in total. The lowest BCUT2D eigenvalue weighted by Gasteiger charge is -2.31. The van der Waals surface area contributed by atoms with Gasteiger partial charge in [-0.25, -0.2) is 0 Å². The van der Waals surface area contributed by atoms with Crippen molar-refractivity contribution in [2.45, 2.75) is 25.3 Å². The van der Waals surface area contributed by atoms with E-state index in [-0.39, 0.29) is 0 Å². The summed E-state index contributed by atoms with van der Waals surface area (Å²) in [5.74, 6) is 0.779. The average molecular weight is 170 g/mol. The Hall–Kier alpha value is -0.150. The molecule has 0 aromatic heterocycles. The third kappa shape index (κ3) is 1.16. The fraction of sp³-hybridized carbons (Fsp3) is 0.875. The molecular formula is C8H14N2S. The molecule has 2 heterocycles. The van der Waals surface area contributed by atoms with Crippen molar-refractivity contribution in [3.8, 4) is 0 Å². The first kappa shape index (κ1) is 7.50. The SMILES string of the molecule is NC(=S)C1C2CCCN1CC2. The summed E-state index contributed by atoms with van der Waals surface area (Å²) in [6, 6.07) is 0.443. The van der Waals surface area contributed by atoms with Crippen LogP contribution in [0.4, 0.5) is 0 Å². The van der Waals surface area contributed by atoms with Gasteiger partial charge in [-0.05, 0) is 38.3 Å². The molecule has 2 nitrogen and oxygen atoms in total. The summed E-state index contributed by atoms with van der Waals surface area (Å²) in [6.07, 6.45) is 3.98. The Morgan fingerprint density at radius 1 is 1.36 bits per heavy atom. The summed E-state index contributed by atoms with van der Waals surface area (Å²) >= 11 is 5.05. The minimum atomic E-state index is 0.443. The summed E-state index contributed by atoms with van der Waals surface area (Å²) in [5.41, 5.74) is 5.68. The van der Waals surface area contributed by atoms with Gasteiger partial charge < -0.3 is 5.73 Å². The number of fused-ring (bicyclic) bond motifs is 2. The van der Waals surface area contributed by atoms with Crippen LogP contribution in [-0.4, -0.2) is 29.0 Å². The number of thiocarbonyl (C=S) groups is 1. The van der Waals surface area contributed by atoms with Gasteiger partial charge in [0.2, 0.25) is 0 Å². The molecule has 3 atom stereocenters. The Bertz CT molecular complexity index is 165. The molecule has 2 fully saturated rings. The maximum atomic E-state index is 5.68. The Morgan fingerprint density at radius 3 is 2.73 bits per heavy atom. The van der Waals surface area contributed by atoms with Crippen molar-refractivity contribution < 1.29 is 0 Å². The number of hydrogen-bond acceptors (Lipinski definition) is 2. The Balaban J connectivity index is 2.15. The monoisotopic (exact) mass is 170 g/mol. The van der Waals surface area contributed by atoms with E-state index in [1.165, 1.54) is 32.4 Å². The number of nitrogens with zero attached hydrogens (tertiary/aromatic N) is 1. The van der Waals surface area contributed by atoms with Gasteiger partial charge in [-0.2, -0.15) is 0 Å². The standard InChI is InChI=1S/C8H14N2S/c9-8(11)7-6-2-1-4-10(7)5-3-6/h6-7H,1-5H2,(H2,9,11). The van der Waals surface area contributed by atoms with Gasteiger partial charge in [0.15, 0.2) is 0 Å². The zero-order chi connectivity index (χ0) is 7.84. The van der Waals surface area contributed by atoms with E-state index in [1.54, 1.807) is 0 Å². The van der Waals surface area contributed by atoms with Crippen molar-refractivity contribution in [3.63, 3.8) is 0 Å². The first-order valence-electron chi connectivity index (χ1n) is 4.32. The van der Waals surface area contributed by atoms with E-state index in [2.05, 4.69) is 4.90 Å². The van der Waals surface area contributed by atoms with Gasteiger partial charge in [-0.3, -0.25) is 4.90 Å². The molecule has 11 heavy (non-hydrogen) atoms. The van der Waals surface area contributed by atoms with E-state index in [1.807, 2.05) is 0 Å². The van der Waals surface area contributed by atoms with E-state index in [0.717, 1.165) is 5.92 Å². The minimum absolute atomic E-state index is 0.443. The Labute approximate surface area is 72.7 Å². The predicted octanol–water partition coefficient (Wildman–Crippen LogP) is 0.757. The Morgan fingerprint density at radius 2 is 2.18 bits per heavy atom. The average Bonchev–Trinajstić information content (AvgIpc) is 2.23. The quantitative estimate of drug-likeness (QED) is 0.589. The number of nitrogens with two attached hydrogens (primary N) is 1. The summed E-state index contributed by atoms with van der Waals surface area (Å²) in [4.78, 5) is 3.16. The van der Waals surface area contributed by atoms with E-state index in [4.69, 9.17) is 18.0 Å². The van der Waals surface area contributed by atoms with Crippen LogP contribution in [0.15, 0.2) is 0 Å². The second kappa shape index (κ2) is 2.72. The molecule has 0 saturated carbocycles. The number of rotatable bonds is 1. The molecule has 2 rings (SSSR count). The van der Waals surface area contributed by atoms with Gasteiger partial charge in [0.25, 0.3) is 0 Å². The van der Waals surface area contributed by atoms with Crippen LogP contribution >= 0.6 is 12.2 Å². The molecular weight excluding hydrogens is 156 g/mol. The smallest absolute Gasteiger partial charge is 0.0904 e. The first-order valence-corrected chi connectivity index (χ1v) is 4.73. The second-order valence-electron chi connectivity index (χ2n) is 3.57. The molecule has 2 saturated heterocycles. The van der Waals surface area contributed by atoms with Crippen molar-refractivity contribution in [2.75, 3.05) is 13.1 Å². The van der Waals surface area contributed by atoms with Gasteiger partial charge in [0.05, 0.1) is 11.0 Å². The van der Waals surface area contributed by atoms with Gasteiger partial charge >= 0.3 is 0 Å². The van der Waals surface area contributed by atoms with Crippen molar-refractivity contribution >= 4 is 17.2 Å². The highest BCUT2D eigenvalue weighted by Gasteiger charge is 2.38. The minimum Gasteiger partial charge on any atom is -0.392 e. The zero-order valence-electron chi connectivity index (χ0n) is 6.62. The number of piperidine rings is 1. The summed E-state index contributed by atoms with van der Waals surface area (Å²) in [5, 5.41) is 0. The van der Waals surface area contributed by atoms with E-state index in [9.17, 15) is 0 Å². The molecule has 2 bridgehead atoms. The predicted molar refractivity (Wildman–Crippen MR) is 49.5 cm³/mol. The van der Waals surface area contributed by atoms with Crippen LogP contribution in [0.1, 0.15) is 19.3 Å². The van der Waals surface area contributed by atoms with Crippen LogP contribution in [-0.2, 0) is 0 Å². The summed E-state index contributed by atoms with van der Waals surface area (Å²) < 4.78 is 0. The third-order valence-corrected chi connectivity index (χ3v) is 3.18. The maximum Gasteiger partial charge on any atom is 0.0904 e. The van der Waals surface area contributed by atoms with Crippen LogP contribution in [0, 0.1) is 5.92 Å². The van der Waals surface area contributed by atoms with Crippen molar-refractivity contribution in [3.05, 3.63) is 0 Å². The molecule has 2 aliphatic rings. The fourth-order valence-corrected chi connectivity index (χ4v) is 2.79. The molecule has 0 aromatic rings. The first-order chi connectivity index (χ1) is 5.29. The third-order valence-electron chi connectivity index (χ3n) is 2.94. The van der Waals surface area contributed by atoms with Gasteiger partial charge in [-0.1, -0.05) is 12.2 Å². The second-order valence-corrected chi connectivity index (χ2v) is 4.05. The molecule has 2 aliphatic heterocycles. The van der Waals surface area contributed by atoms with Crippen molar-refractivity contribution in [1.82, 2.24) is 4.90 Å². The van der Waals surface area contributed by atoms with Gasteiger partial charge in [0, 0.05) is 0 Å².